The van der Waals surface area contributed by atoms with E-state index in [1.807, 2.05) is 55.5 Å². The number of thiocarbonyl (C=S) groups is 1. The molecule has 0 aliphatic carbocycles. The summed E-state index contributed by atoms with van der Waals surface area (Å²) in [6.45, 7) is 2.92. The van der Waals surface area contributed by atoms with Crippen LogP contribution >= 0.6 is 28.1 Å². The Hall–Kier alpha value is -2.45. The summed E-state index contributed by atoms with van der Waals surface area (Å²) in [5, 5.41) is 10.6. The Balaban J connectivity index is 1.54. The molecule has 0 unspecified atom stereocenters. The van der Waals surface area contributed by atoms with Crippen molar-refractivity contribution in [2.24, 2.45) is 0 Å². The summed E-state index contributed by atoms with van der Waals surface area (Å²) in [5.74, 6) is 1.79. The molecule has 0 aliphatic heterocycles. The van der Waals surface area contributed by atoms with Crippen molar-refractivity contribution in [1.82, 2.24) is 15.5 Å². The molecule has 8 heteroatoms. The minimum atomic E-state index is 0.340. The summed E-state index contributed by atoms with van der Waals surface area (Å²) in [6, 6.07) is 15.3. The average molecular weight is 433 g/mol. The molecule has 0 aliphatic rings. The van der Waals surface area contributed by atoms with E-state index in [0.717, 1.165) is 21.5 Å². The molecule has 2 aromatic carbocycles. The molecule has 0 atom stereocenters. The highest BCUT2D eigenvalue weighted by Gasteiger charge is 2.09. The van der Waals surface area contributed by atoms with E-state index in [0.29, 0.717) is 30.0 Å². The van der Waals surface area contributed by atoms with E-state index in [9.17, 15) is 0 Å². The highest BCUT2D eigenvalue weighted by molar-refractivity contribution is 9.10. The molecule has 0 saturated carbocycles. The molecule has 1 aromatic heterocycles. The normalized spacial score (nSPS) is 10.4. The van der Waals surface area contributed by atoms with Crippen molar-refractivity contribution in [3.63, 3.8) is 0 Å². The van der Waals surface area contributed by atoms with Crippen molar-refractivity contribution in [2.75, 3.05) is 11.9 Å². The van der Waals surface area contributed by atoms with Gasteiger partial charge in [0.15, 0.2) is 5.11 Å². The SMILES string of the molecule is CCOc1ccc(-c2noc(CNC(=S)Nc3ccc(Br)cc3)n2)cc1. The Morgan fingerprint density at radius 3 is 2.58 bits per heavy atom. The quantitative estimate of drug-likeness (QED) is 0.559. The lowest BCUT2D eigenvalue weighted by atomic mass is 10.2. The fourth-order valence-electron chi connectivity index (χ4n) is 2.18. The Kier molecular flexibility index (Phi) is 6.19. The van der Waals surface area contributed by atoms with Gasteiger partial charge in [-0.1, -0.05) is 21.1 Å². The molecule has 0 bridgehead atoms. The first kappa shape index (κ1) is 18.3. The van der Waals surface area contributed by atoms with Crippen LogP contribution in [0, 0.1) is 0 Å². The van der Waals surface area contributed by atoms with Crippen LogP contribution in [0.3, 0.4) is 0 Å². The summed E-state index contributed by atoms with van der Waals surface area (Å²) in [5.41, 5.74) is 1.75. The standard InChI is InChI=1S/C18H17BrN4O2S/c1-2-24-15-9-3-12(4-10-15)17-22-16(25-23-17)11-20-18(26)21-14-7-5-13(19)6-8-14/h3-10H,2,11H2,1H3,(H2,20,21,26). The predicted molar refractivity (Wildman–Crippen MR) is 108 cm³/mol. The van der Waals surface area contributed by atoms with E-state index in [1.54, 1.807) is 0 Å². The molecular weight excluding hydrogens is 416 g/mol. The van der Waals surface area contributed by atoms with Crippen molar-refractivity contribution in [3.05, 3.63) is 58.9 Å². The zero-order valence-electron chi connectivity index (χ0n) is 14.0. The van der Waals surface area contributed by atoms with E-state index >= 15 is 0 Å². The van der Waals surface area contributed by atoms with Gasteiger partial charge >= 0.3 is 0 Å². The van der Waals surface area contributed by atoms with Crippen molar-refractivity contribution >= 4 is 38.9 Å². The van der Waals surface area contributed by atoms with Crippen LogP contribution in [0.5, 0.6) is 5.75 Å². The Labute approximate surface area is 165 Å². The lowest BCUT2D eigenvalue weighted by Gasteiger charge is -2.08. The highest BCUT2D eigenvalue weighted by atomic mass is 79.9. The monoisotopic (exact) mass is 432 g/mol. The molecule has 0 spiro atoms. The number of ether oxygens (including phenoxy) is 1. The highest BCUT2D eigenvalue weighted by Crippen LogP contribution is 2.20. The van der Waals surface area contributed by atoms with Gasteiger partial charge in [0.25, 0.3) is 0 Å². The first-order chi connectivity index (χ1) is 12.6. The van der Waals surface area contributed by atoms with Gasteiger partial charge in [0.1, 0.15) is 5.75 Å². The minimum Gasteiger partial charge on any atom is -0.494 e. The maximum Gasteiger partial charge on any atom is 0.246 e. The number of hydrogen-bond acceptors (Lipinski definition) is 5. The zero-order valence-corrected chi connectivity index (χ0v) is 16.4. The average Bonchev–Trinajstić information content (AvgIpc) is 3.12. The Bertz CT molecular complexity index is 866. The molecule has 0 amide bonds. The molecule has 0 saturated heterocycles. The number of benzene rings is 2. The number of hydrogen-bond donors (Lipinski definition) is 2. The zero-order chi connectivity index (χ0) is 18.4. The second-order valence-electron chi connectivity index (χ2n) is 5.28. The lowest BCUT2D eigenvalue weighted by Crippen LogP contribution is -2.27. The van der Waals surface area contributed by atoms with Gasteiger partial charge in [0, 0.05) is 15.7 Å². The number of anilines is 1. The second-order valence-corrected chi connectivity index (χ2v) is 6.61. The minimum absolute atomic E-state index is 0.340. The van der Waals surface area contributed by atoms with Crippen LogP contribution in [-0.2, 0) is 6.54 Å². The summed E-state index contributed by atoms with van der Waals surface area (Å²) < 4.78 is 11.7. The molecule has 2 N–H and O–H groups in total. The summed E-state index contributed by atoms with van der Waals surface area (Å²) in [4.78, 5) is 4.37. The summed E-state index contributed by atoms with van der Waals surface area (Å²) in [7, 11) is 0. The third-order valence-electron chi connectivity index (χ3n) is 3.39. The smallest absolute Gasteiger partial charge is 0.246 e. The predicted octanol–water partition coefficient (Wildman–Crippen LogP) is 4.38. The lowest BCUT2D eigenvalue weighted by molar-refractivity contribution is 0.340. The Morgan fingerprint density at radius 1 is 1.15 bits per heavy atom. The van der Waals surface area contributed by atoms with E-state index in [2.05, 4.69) is 36.7 Å². The topological polar surface area (TPSA) is 72.2 Å². The van der Waals surface area contributed by atoms with Gasteiger partial charge in [-0.05, 0) is 67.7 Å². The fraction of sp³-hybridized carbons (Fsp3) is 0.167. The number of rotatable bonds is 6. The van der Waals surface area contributed by atoms with E-state index in [4.69, 9.17) is 21.5 Å². The molecule has 6 nitrogen and oxygen atoms in total. The van der Waals surface area contributed by atoms with Crippen LogP contribution in [-0.4, -0.2) is 21.9 Å². The third-order valence-corrected chi connectivity index (χ3v) is 4.17. The third kappa shape index (κ3) is 5.03. The molecule has 3 aromatic rings. The van der Waals surface area contributed by atoms with Gasteiger partial charge in [-0.15, -0.1) is 0 Å². The van der Waals surface area contributed by atoms with Gasteiger partial charge in [0.2, 0.25) is 11.7 Å². The molecule has 0 radical (unpaired) electrons. The number of nitrogens with one attached hydrogen (secondary N) is 2. The maximum atomic E-state index is 5.42. The molecule has 3 rings (SSSR count). The van der Waals surface area contributed by atoms with Gasteiger partial charge in [-0.2, -0.15) is 4.98 Å². The first-order valence-electron chi connectivity index (χ1n) is 8.00. The van der Waals surface area contributed by atoms with Gasteiger partial charge in [-0.3, -0.25) is 0 Å². The molecule has 134 valence electrons. The molecule has 1 heterocycles. The van der Waals surface area contributed by atoms with E-state index in [1.165, 1.54) is 0 Å². The van der Waals surface area contributed by atoms with Gasteiger partial charge < -0.3 is 19.9 Å². The van der Waals surface area contributed by atoms with Crippen LogP contribution in [0.1, 0.15) is 12.8 Å². The summed E-state index contributed by atoms with van der Waals surface area (Å²) >= 11 is 8.67. The fourth-order valence-corrected chi connectivity index (χ4v) is 2.63. The Morgan fingerprint density at radius 2 is 1.88 bits per heavy atom. The van der Waals surface area contributed by atoms with Crippen molar-refractivity contribution in [1.29, 1.82) is 0 Å². The van der Waals surface area contributed by atoms with Crippen LogP contribution in [0.4, 0.5) is 5.69 Å². The van der Waals surface area contributed by atoms with Crippen molar-refractivity contribution in [3.8, 4) is 17.1 Å². The number of halogens is 1. The van der Waals surface area contributed by atoms with Crippen LogP contribution < -0.4 is 15.4 Å². The van der Waals surface area contributed by atoms with Gasteiger partial charge in [0.05, 0.1) is 13.2 Å². The number of nitrogens with zero attached hydrogens (tertiary/aromatic N) is 2. The molecule has 0 fully saturated rings. The van der Waals surface area contributed by atoms with Crippen molar-refractivity contribution < 1.29 is 9.26 Å². The van der Waals surface area contributed by atoms with Gasteiger partial charge in [-0.25, -0.2) is 0 Å². The van der Waals surface area contributed by atoms with Crippen LogP contribution in [0.2, 0.25) is 0 Å². The molecular formula is C18H17BrN4O2S. The second kappa shape index (κ2) is 8.77. The van der Waals surface area contributed by atoms with Crippen LogP contribution in [0.15, 0.2) is 57.5 Å². The summed E-state index contributed by atoms with van der Waals surface area (Å²) in [6.07, 6.45) is 0. The largest absolute Gasteiger partial charge is 0.494 e. The first-order valence-corrected chi connectivity index (χ1v) is 9.20. The molecule has 26 heavy (non-hydrogen) atoms. The number of aromatic nitrogens is 2. The van der Waals surface area contributed by atoms with Crippen LogP contribution in [0.25, 0.3) is 11.4 Å². The van der Waals surface area contributed by atoms with E-state index < -0.39 is 0 Å². The van der Waals surface area contributed by atoms with E-state index in [-0.39, 0.29) is 0 Å². The van der Waals surface area contributed by atoms with Crippen molar-refractivity contribution in [2.45, 2.75) is 13.5 Å². The maximum absolute atomic E-state index is 5.42.